The van der Waals surface area contributed by atoms with Crippen LogP contribution in [0.4, 0.5) is 0 Å². The topological polar surface area (TPSA) is 112 Å². The summed E-state index contributed by atoms with van der Waals surface area (Å²) in [7, 11) is 3.23. The van der Waals surface area contributed by atoms with Gasteiger partial charge in [0, 0.05) is 29.0 Å². The van der Waals surface area contributed by atoms with Crippen LogP contribution in [0.25, 0.3) is 0 Å². The Morgan fingerprint density at radius 2 is 1.36 bits per heavy atom. The van der Waals surface area contributed by atoms with Crippen molar-refractivity contribution in [3.63, 3.8) is 0 Å². The third-order valence-corrected chi connectivity index (χ3v) is 6.51. The summed E-state index contributed by atoms with van der Waals surface area (Å²) in [6, 6.07) is 20.1. The average molecular weight is 618 g/mol. The highest BCUT2D eigenvalue weighted by Crippen LogP contribution is 2.19. The first kappa shape index (κ1) is 38.3. The van der Waals surface area contributed by atoms with E-state index in [1.54, 1.807) is 62.8 Å². The largest absolute Gasteiger partial charge is 0.497 e. The second kappa shape index (κ2) is 24.7. The van der Waals surface area contributed by atoms with Crippen LogP contribution in [0, 0.1) is 5.41 Å². The molecule has 3 aromatic rings. The number of methoxy groups -OCH3 is 2. The first-order valence-corrected chi connectivity index (χ1v) is 15.2. The highest BCUT2D eigenvalue weighted by Gasteiger charge is 2.02. The number of aldehydes is 2. The minimum atomic E-state index is -0.368. The lowest BCUT2D eigenvalue weighted by Crippen LogP contribution is -2.02. The number of carbonyl (C=O) groups excluding carboxylic acids is 3. The third-order valence-electron chi connectivity index (χ3n) is 6.51. The highest BCUT2D eigenvalue weighted by atomic mass is 16.5. The van der Waals surface area contributed by atoms with Crippen LogP contribution < -0.4 is 14.2 Å². The van der Waals surface area contributed by atoms with Crippen molar-refractivity contribution >= 4 is 24.8 Å². The molecule has 0 aliphatic rings. The molecule has 0 radical (unpaired) electrons. The van der Waals surface area contributed by atoms with Crippen LogP contribution >= 0.6 is 0 Å². The van der Waals surface area contributed by atoms with Crippen molar-refractivity contribution in [2.45, 2.75) is 58.3 Å². The molecule has 0 atom stereocenters. The molecular formula is C37H47NO7. The molecule has 0 aliphatic heterocycles. The summed E-state index contributed by atoms with van der Waals surface area (Å²) < 4.78 is 20.5. The normalized spacial score (nSPS) is 9.67. The maximum absolute atomic E-state index is 10.8. The average Bonchev–Trinajstić information content (AvgIpc) is 3.10. The first-order valence-electron chi connectivity index (χ1n) is 15.2. The summed E-state index contributed by atoms with van der Waals surface area (Å²) >= 11 is 0. The molecule has 0 amide bonds. The molecule has 8 nitrogen and oxygen atoms in total. The number of benzene rings is 3. The van der Waals surface area contributed by atoms with Crippen LogP contribution in [-0.2, 0) is 16.0 Å². The summed E-state index contributed by atoms with van der Waals surface area (Å²) in [4.78, 5) is 31.4. The SMILES string of the molecule is C=CC(=O)OCCCCCCOc1ccc(C=O)cc1.CCCCCc1ccc(OC)c(C=N)c1.COc1ccc(C=O)cc1. The fourth-order valence-corrected chi connectivity index (χ4v) is 3.94. The lowest BCUT2D eigenvalue weighted by atomic mass is 10.0. The zero-order chi connectivity index (χ0) is 33.1. The van der Waals surface area contributed by atoms with Crippen molar-refractivity contribution in [2.75, 3.05) is 27.4 Å². The van der Waals surface area contributed by atoms with E-state index in [0.29, 0.717) is 24.3 Å². The minimum absolute atomic E-state index is 0.368. The smallest absolute Gasteiger partial charge is 0.330 e. The Morgan fingerprint density at radius 3 is 1.87 bits per heavy atom. The molecule has 3 rings (SSSR count). The Kier molecular flexibility index (Phi) is 21.0. The lowest BCUT2D eigenvalue weighted by Gasteiger charge is -2.07. The van der Waals surface area contributed by atoms with Gasteiger partial charge in [-0.05, 0) is 105 Å². The second-order valence-electron chi connectivity index (χ2n) is 9.89. The Morgan fingerprint density at radius 1 is 0.756 bits per heavy atom. The number of esters is 1. The van der Waals surface area contributed by atoms with Crippen molar-refractivity contribution < 1.29 is 33.3 Å². The van der Waals surface area contributed by atoms with Gasteiger partial charge >= 0.3 is 5.97 Å². The number of hydrogen-bond acceptors (Lipinski definition) is 8. The van der Waals surface area contributed by atoms with Crippen LogP contribution in [0.15, 0.2) is 79.4 Å². The maximum Gasteiger partial charge on any atom is 0.330 e. The van der Waals surface area contributed by atoms with E-state index in [-0.39, 0.29) is 5.97 Å². The quantitative estimate of drug-likeness (QED) is 0.0505. The van der Waals surface area contributed by atoms with Gasteiger partial charge in [0.05, 0.1) is 27.4 Å². The van der Waals surface area contributed by atoms with Crippen molar-refractivity contribution in [1.82, 2.24) is 0 Å². The van der Waals surface area contributed by atoms with Crippen LogP contribution in [0.2, 0.25) is 0 Å². The first-order chi connectivity index (χ1) is 21.9. The van der Waals surface area contributed by atoms with Crippen LogP contribution in [0.1, 0.15) is 83.7 Å². The number of aryl methyl sites for hydroxylation is 1. The fourth-order valence-electron chi connectivity index (χ4n) is 3.94. The molecule has 0 saturated carbocycles. The molecule has 0 aliphatic carbocycles. The Balaban J connectivity index is 0.000000357. The maximum atomic E-state index is 10.8. The number of unbranched alkanes of at least 4 members (excludes halogenated alkanes) is 5. The molecule has 0 saturated heterocycles. The van der Waals surface area contributed by atoms with E-state index in [1.807, 2.05) is 12.1 Å². The highest BCUT2D eigenvalue weighted by molar-refractivity contribution is 5.81. The van der Waals surface area contributed by atoms with Crippen LogP contribution in [0.5, 0.6) is 17.2 Å². The second-order valence-corrected chi connectivity index (χ2v) is 9.89. The van der Waals surface area contributed by atoms with Crippen molar-refractivity contribution in [2.24, 2.45) is 0 Å². The number of nitrogens with one attached hydrogen (secondary N) is 1. The molecule has 0 aromatic heterocycles. The van der Waals surface area contributed by atoms with Gasteiger partial charge in [-0.2, -0.15) is 0 Å². The molecule has 0 heterocycles. The molecule has 3 aromatic carbocycles. The molecule has 242 valence electrons. The molecule has 8 heteroatoms. The molecule has 1 N–H and O–H groups in total. The predicted molar refractivity (Wildman–Crippen MR) is 179 cm³/mol. The fraction of sp³-hybridized carbons (Fsp3) is 0.351. The van der Waals surface area contributed by atoms with Gasteiger partial charge in [0.2, 0.25) is 0 Å². The van der Waals surface area contributed by atoms with E-state index < -0.39 is 0 Å². The summed E-state index contributed by atoms with van der Waals surface area (Å²) in [5, 5.41) is 7.29. The molecule has 0 unspecified atom stereocenters. The Bertz CT molecular complexity index is 1270. The summed E-state index contributed by atoms with van der Waals surface area (Å²) in [6.45, 7) is 6.62. The monoisotopic (exact) mass is 617 g/mol. The van der Waals surface area contributed by atoms with Crippen LogP contribution in [-0.4, -0.2) is 52.2 Å². The number of carbonyl (C=O) groups is 3. The predicted octanol–water partition coefficient (Wildman–Crippen LogP) is 8.10. The Labute approximate surface area is 267 Å². The zero-order valence-corrected chi connectivity index (χ0v) is 26.8. The third kappa shape index (κ3) is 17.2. The zero-order valence-electron chi connectivity index (χ0n) is 26.8. The van der Waals surface area contributed by atoms with Gasteiger partial charge in [0.15, 0.2) is 0 Å². The summed E-state index contributed by atoms with van der Waals surface area (Å²) in [6.07, 6.45) is 12.8. The number of hydrogen-bond donors (Lipinski definition) is 1. The van der Waals surface area contributed by atoms with Gasteiger partial charge in [0.25, 0.3) is 0 Å². The molecule has 45 heavy (non-hydrogen) atoms. The summed E-state index contributed by atoms with van der Waals surface area (Å²) in [5.41, 5.74) is 3.47. The van der Waals surface area contributed by atoms with Crippen molar-refractivity contribution in [3.8, 4) is 17.2 Å². The van der Waals surface area contributed by atoms with Gasteiger partial charge in [0.1, 0.15) is 29.8 Å². The molecular weight excluding hydrogens is 570 g/mol. The molecule has 0 spiro atoms. The molecule has 0 fully saturated rings. The van der Waals surface area contributed by atoms with Gasteiger partial charge in [-0.3, -0.25) is 9.59 Å². The van der Waals surface area contributed by atoms with Gasteiger partial charge in [-0.15, -0.1) is 0 Å². The lowest BCUT2D eigenvalue weighted by molar-refractivity contribution is -0.137. The molecule has 0 bridgehead atoms. The van der Waals surface area contributed by atoms with E-state index in [0.717, 1.165) is 67.5 Å². The standard InChI is InChI=1S/C16H20O4.C13H19NO.C8H8O2/c1-2-16(18)20-12-6-4-3-5-11-19-15-9-7-14(13-17)8-10-15;1-3-4-5-6-11-7-8-13(15-2)12(9-11)10-14;1-10-8-4-2-7(6-9)3-5-8/h2,7-10,13H,1,3-6,11-12H2;7-10,14H,3-6H2,1-2H3;2-6H,1H3. The van der Waals surface area contributed by atoms with E-state index in [4.69, 9.17) is 24.4 Å². The number of ether oxygens (including phenoxy) is 4. The van der Waals surface area contributed by atoms with Gasteiger partial charge < -0.3 is 24.4 Å². The van der Waals surface area contributed by atoms with Crippen molar-refractivity contribution in [3.05, 3.63) is 102 Å². The van der Waals surface area contributed by atoms with E-state index >= 15 is 0 Å². The minimum Gasteiger partial charge on any atom is -0.497 e. The van der Waals surface area contributed by atoms with E-state index in [2.05, 4.69) is 19.6 Å². The number of rotatable bonds is 18. The Hall–Kier alpha value is -4.72. The van der Waals surface area contributed by atoms with Gasteiger partial charge in [-0.1, -0.05) is 32.4 Å². The van der Waals surface area contributed by atoms with E-state index in [1.165, 1.54) is 37.1 Å². The van der Waals surface area contributed by atoms with Crippen LogP contribution in [0.3, 0.4) is 0 Å². The van der Waals surface area contributed by atoms with E-state index in [9.17, 15) is 14.4 Å². The van der Waals surface area contributed by atoms with Gasteiger partial charge in [-0.25, -0.2) is 4.79 Å². The summed E-state index contributed by atoms with van der Waals surface area (Å²) in [5.74, 6) is 1.96. The van der Waals surface area contributed by atoms with Crippen molar-refractivity contribution in [1.29, 1.82) is 5.41 Å².